The first-order valence-corrected chi connectivity index (χ1v) is 7.67. The number of aliphatic hydroxyl groups is 1. The number of aliphatic hydroxyl groups excluding tert-OH is 1. The Morgan fingerprint density at radius 3 is 2.81 bits per heavy atom. The van der Waals surface area contributed by atoms with Crippen molar-refractivity contribution >= 4 is 17.2 Å². The number of phenolic OH excluding ortho intramolecular Hbond substituents is 1. The number of aromatic hydroxyl groups is 1. The van der Waals surface area contributed by atoms with Crippen molar-refractivity contribution in [2.75, 3.05) is 0 Å². The summed E-state index contributed by atoms with van der Waals surface area (Å²) < 4.78 is 0. The number of carbonyl (C=O) groups is 1. The molecule has 0 spiro atoms. The van der Waals surface area contributed by atoms with Crippen LogP contribution in [0.5, 0.6) is 5.75 Å². The third-order valence-corrected chi connectivity index (χ3v) is 4.20. The summed E-state index contributed by atoms with van der Waals surface area (Å²) in [4.78, 5) is 13.0. The van der Waals surface area contributed by atoms with Crippen LogP contribution >= 0.6 is 11.3 Å². The molecule has 0 saturated heterocycles. The van der Waals surface area contributed by atoms with E-state index >= 15 is 0 Å². The van der Waals surface area contributed by atoms with Crippen molar-refractivity contribution < 1.29 is 15.0 Å². The summed E-state index contributed by atoms with van der Waals surface area (Å²) in [5, 5.41) is 24.5. The molecular formula is C16H19NO3S. The summed E-state index contributed by atoms with van der Waals surface area (Å²) in [6.07, 6.45) is -0.162. The molecule has 4 nitrogen and oxygen atoms in total. The second-order valence-electron chi connectivity index (χ2n) is 5.16. The number of aryl methyl sites for hydroxylation is 1. The molecule has 0 bridgehead atoms. The van der Waals surface area contributed by atoms with E-state index in [9.17, 15) is 15.0 Å². The average molecular weight is 305 g/mol. The Kier molecular flexibility index (Phi) is 4.98. The van der Waals surface area contributed by atoms with Gasteiger partial charge in [0, 0.05) is 10.9 Å². The Labute approximate surface area is 128 Å². The predicted molar refractivity (Wildman–Crippen MR) is 83.7 cm³/mol. The molecule has 3 N–H and O–H groups in total. The van der Waals surface area contributed by atoms with E-state index in [1.54, 1.807) is 12.1 Å². The van der Waals surface area contributed by atoms with E-state index in [0.29, 0.717) is 6.42 Å². The van der Waals surface area contributed by atoms with Gasteiger partial charge in [0.05, 0.1) is 11.7 Å². The molecule has 1 aromatic heterocycles. The van der Waals surface area contributed by atoms with E-state index in [1.165, 1.54) is 17.4 Å². The average Bonchev–Trinajstić information content (AvgIpc) is 2.95. The highest BCUT2D eigenvalue weighted by atomic mass is 32.1. The molecule has 21 heavy (non-hydrogen) atoms. The first-order chi connectivity index (χ1) is 9.97. The predicted octanol–water partition coefficient (Wildman–Crippen LogP) is 3.00. The molecule has 0 saturated carbocycles. The van der Waals surface area contributed by atoms with Gasteiger partial charge >= 0.3 is 0 Å². The smallest absolute Gasteiger partial charge is 0.255 e. The number of amides is 1. The standard InChI is InChI=1S/C16H19NO3S/c1-10-5-6-13(18)12(8-10)16(20)17-11(2)9-14(19)15-4-3-7-21-15/h3-8,11,14,18-19H,9H2,1-2H3,(H,17,20). The van der Waals surface area contributed by atoms with E-state index in [-0.39, 0.29) is 23.3 Å². The number of benzene rings is 1. The lowest BCUT2D eigenvalue weighted by Crippen LogP contribution is -2.33. The van der Waals surface area contributed by atoms with Crippen molar-refractivity contribution in [3.8, 4) is 5.75 Å². The minimum Gasteiger partial charge on any atom is -0.507 e. The molecule has 1 aromatic carbocycles. The Morgan fingerprint density at radius 1 is 1.38 bits per heavy atom. The second-order valence-corrected chi connectivity index (χ2v) is 6.14. The Balaban J connectivity index is 1.97. The molecule has 2 unspecified atom stereocenters. The van der Waals surface area contributed by atoms with Crippen molar-refractivity contribution in [2.24, 2.45) is 0 Å². The maximum atomic E-state index is 12.1. The highest BCUT2D eigenvalue weighted by Crippen LogP contribution is 2.23. The van der Waals surface area contributed by atoms with Gasteiger partial charge in [-0.05, 0) is 43.8 Å². The number of hydrogen-bond acceptors (Lipinski definition) is 4. The van der Waals surface area contributed by atoms with Crippen LogP contribution in [-0.4, -0.2) is 22.2 Å². The second kappa shape index (κ2) is 6.74. The van der Waals surface area contributed by atoms with Crippen LogP contribution in [0.1, 0.15) is 40.2 Å². The molecule has 0 aliphatic rings. The van der Waals surface area contributed by atoms with Crippen LogP contribution in [0.2, 0.25) is 0 Å². The topological polar surface area (TPSA) is 69.6 Å². The normalized spacial score (nSPS) is 13.7. The summed E-state index contributed by atoms with van der Waals surface area (Å²) in [5.41, 5.74) is 1.16. The van der Waals surface area contributed by atoms with Gasteiger partial charge in [-0.2, -0.15) is 0 Å². The number of phenols is 1. The van der Waals surface area contributed by atoms with Gasteiger partial charge in [-0.25, -0.2) is 0 Å². The van der Waals surface area contributed by atoms with Crippen LogP contribution in [0.15, 0.2) is 35.7 Å². The van der Waals surface area contributed by atoms with E-state index in [1.807, 2.05) is 31.4 Å². The lowest BCUT2D eigenvalue weighted by Gasteiger charge is -2.17. The Morgan fingerprint density at radius 2 is 2.14 bits per heavy atom. The molecule has 1 heterocycles. The van der Waals surface area contributed by atoms with Crippen LogP contribution in [0.4, 0.5) is 0 Å². The van der Waals surface area contributed by atoms with Crippen molar-refractivity contribution in [2.45, 2.75) is 32.4 Å². The van der Waals surface area contributed by atoms with Crippen LogP contribution in [-0.2, 0) is 0 Å². The van der Waals surface area contributed by atoms with Gasteiger partial charge in [0.2, 0.25) is 0 Å². The van der Waals surface area contributed by atoms with Gasteiger partial charge in [0.15, 0.2) is 0 Å². The summed E-state index contributed by atoms with van der Waals surface area (Å²) >= 11 is 1.49. The fraction of sp³-hybridized carbons (Fsp3) is 0.312. The lowest BCUT2D eigenvalue weighted by molar-refractivity contribution is 0.0915. The fourth-order valence-electron chi connectivity index (χ4n) is 2.12. The molecule has 5 heteroatoms. The largest absolute Gasteiger partial charge is 0.507 e. The Hall–Kier alpha value is -1.85. The number of hydrogen-bond donors (Lipinski definition) is 3. The Bertz CT molecular complexity index is 610. The number of thiophene rings is 1. The molecule has 0 aliphatic heterocycles. The number of nitrogens with one attached hydrogen (secondary N) is 1. The molecule has 0 radical (unpaired) electrons. The minimum atomic E-state index is -0.591. The van der Waals surface area contributed by atoms with Crippen molar-refractivity contribution in [3.05, 3.63) is 51.7 Å². The van der Waals surface area contributed by atoms with Crippen molar-refractivity contribution in [3.63, 3.8) is 0 Å². The van der Waals surface area contributed by atoms with Gasteiger partial charge in [0.25, 0.3) is 5.91 Å². The highest BCUT2D eigenvalue weighted by Gasteiger charge is 2.17. The summed E-state index contributed by atoms with van der Waals surface area (Å²) in [5.74, 6) is -0.369. The van der Waals surface area contributed by atoms with Gasteiger partial charge in [-0.1, -0.05) is 17.7 Å². The van der Waals surface area contributed by atoms with Crippen LogP contribution < -0.4 is 5.32 Å². The zero-order chi connectivity index (χ0) is 15.4. The summed E-state index contributed by atoms with van der Waals surface area (Å²) in [7, 11) is 0. The molecule has 0 aliphatic carbocycles. The van der Waals surface area contributed by atoms with E-state index in [4.69, 9.17) is 0 Å². The van der Waals surface area contributed by atoms with Gasteiger partial charge < -0.3 is 15.5 Å². The lowest BCUT2D eigenvalue weighted by atomic mass is 10.1. The van der Waals surface area contributed by atoms with Gasteiger partial charge in [-0.3, -0.25) is 4.79 Å². The van der Waals surface area contributed by atoms with Crippen LogP contribution in [0, 0.1) is 6.92 Å². The molecule has 1 amide bonds. The van der Waals surface area contributed by atoms with Crippen molar-refractivity contribution in [1.82, 2.24) is 5.32 Å². The third kappa shape index (κ3) is 4.06. The van der Waals surface area contributed by atoms with Crippen molar-refractivity contribution in [1.29, 1.82) is 0 Å². The maximum Gasteiger partial charge on any atom is 0.255 e. The molecule has 0 fully saturated rings. The van der Waals surface area contributed by atoms with Crippen LogP contribution in [0.3, 0.4) is 0 Å². The fourth-order valence-corrected chi connectivity index (χ4v) is 2.85. The zero-order valence-electron chi connectivity index (χ0n) is 12.0. The number of rotatable bonds is 5. The number of carbonyl (C=O) groups excluding carboxylic acids is 1. The van der Waals surface area contributed by atoms with Gasteiger partial charge in [0.1, 0.15) is 5.75 Å². The first-order valence-electron chi connectivity index (χ1n) is 6.79. The molecule has 2 atom stereocenters. The third-order valence-electron chi connectivity index (χ3n) is 3.22. The summed E-state index contributed by atoms with van der Waals surface area (Å²) in [6.45, 7) is 3.70. The SMILES string of the molecule is Cc1ccc(O)c(C(=O)NC(C)CC(O)c2cccs2)c1. The maximum absolute atomic E-state index is 12.1. The molecule has 2 aromatic rings. The molecule has 112 valence electrons. The highest BCUT2D eigenvalue weighted by molar-refractivity contribution is 7.10. The van der Waals surface area contributed by atoms with E-state index in [2.05, 4.69) is 5.32 Å². The molecule has 2 rings (SSSR count). The first kappa shape index (κ1) is 15.5. The summed E-state index contributed by atoms with van der Waals surface area (Å²) in [6, 6.07) is 8.46. The van der Waals surface area contributed by atoms with Gasteiger partial charge in [-0.15, -0.1) is 11.3 Å². The monoisotopic (exact) mass is 305 g/mol. The quantitative estimate of drug-likeness (QED) is 0.795. The molecular weight excluding hydrogens is 286 g/mol. The van der Waals surface area contributed by atoms with E-state index < -0.39 is 6.10 Å². The minimum absolute atomic E-state index is 0.0379. The zero-order valence-corrected chi connectivity index (χ0v) is 12.9. The van der Waals surface area contributed by atoms with Crippen LogP contribution in [0.25, 0.3) is 0 Å². The van der Waals surface area contributed by atoms with E-state index in [0.717, 1.165) is 10.4 Å².